The summed E-state index contributed by atoms with van der Waals surface area (Å²) in [6.45, 7) is 0.577. The summed E-state index contributed by atoms with van der Waals surface area (Å²) in [6.07, 6.45) is 6.77. The predicted molar refractivity (Wildman–Crippen MR) is 66.5 cm³/mol. The highest BCUT2D eigenvalue weighted by Gasteiger charge is 2.07. The highest BCUT2D eigenvalue weighted by atomic mass is 35.5. The van der Waals surface area contributed by atoms with E-state index >= 15 is 0 Å². The number of hydrogen-bond donors (Lipinski definition) is 1. The van der Waals surface area contributed by atoms with Crippen molar-refractivity contribution >= 4 is 28.8 Å². The van der Waals surface area contributed by atoms with Crippen molar-refractivity contribution in [3.8, 4) is 0 Å². The van der Waals surface area contributed by atoms with E-state index in [0.29, 0.717) is 17.4 Å². The number of halogens is 1. The van der Waals surface area contributed by atoms with Gasteiger partial charge >= 0.3 is 0 Å². The molecule has 2 rings (SSSR count). The Labute approximate surface area is 103 Å². The second-order valence-electron chi connectivity index (χ2n) is 3.21. The van der Waals surface area contributed by atoms with Crippen LogP contribution in [0.4, 0.5) is 0 Å². The van der Waals surface area contributed by atoms with Gasteiger partial charge in [-0.3, -0.25) is 4.98 Å². The summed E-state index contributed by atoms with van der Waals surface area (Å²) in [7, 11) is 0. The largest absolute Gasteiger partial charge is 0.387 e. The van der Waals surface area contributed by atoms with Crippen LogP contribution in [0.5, 0.6) is 0 Å². The van der Waals surface area contributed by atoms with Crippen LogP contribution < -0.4 is 5.73 Å². The molecule has 0 saturated heterocycles. The van der Waals surface area contributed by atoms with Crippen molar-refractivity contribution in [2.24, 2.45) is 5.73 Å². The van der Waals surface area contributed by atoms with Crippen LogP contribution in [0.1, 0.15) is 11.4 Å². The minimum Gasteiger partial charge on any atom is -0.387 e. The van der Waals surface area contributed by atoms with E-state index in [4.69, 9.17) is 29.6 Å². The van der Waals surface area contributed by atoms with Crippen LogP contribution in [-0.4, -0.2) is 19.5 Å². The third kappa shape index (κ3) is 2.20. The zero-order valence-electron chi connectivity index (χ0n) is 8.30. The van der Waals surface area contributed by atoms with E-state index in [-0.39, 0.29) is 4.99 Å². The quantitative estimate of drug-likeness (QED) is 0.844. The lowest BCUT2D eigenvalue weighted by Gasteiger charge is -2.07. The molecule has 2 N–H and O–H groups in total. The van der Waals surface area contributed by atoms with Crippen LogP contribution in [-0.2, 0) is 6.54 Å². The Hall–Kier alpha value is -1.46. The van der Waals surface area contributed by atoms with Gasteiger partial charge in [-0.05, 0) is 11.6 Å². The summed E-state index contributed by atoms with van der Waals surface area (Å²) in [6, 6.07) is 1.85. The molecule has 0 aliphatic rings. The fraction of sp³-hybridized carbons (Fsp3) is 0.100. The first-order valence-corrected chi connectivity index (χ1v) is 5.36. The minimum absolute atomic E-state index is 0.273. The van der Waals surface area contributed by atoms with Crippen molar-refractivity contribution in [3.63, 3.8) is 0 Å². The Morgan fingerprint density at radius 2 is 2.31 bits per heavy atom. The van der Waals surface area contributed by atoms with Crippen LogP contribution in [0.2, 0.25) is 5.02 Å². The molecule has 0 fully saturated rings. The molecule has 0 spiro atoms. The molecule has 82 valence electrons. The molecule has 0 aromatic carbocycles. The molecular formula is C10H9ClN4S. The second kappa shape index (κ2) is 4.59. The first kappa shape index (κ1) is 11.0. The van der Waals surface area contributed by atoms with Gasteiger partial charge in [0.15, 0.2) is 5.82 Å². The SMILES string of the molecule is NC(=S)c1nccn1Cc1ccncc1Cl. The van der Waals surface area contributed by atoms with Gasteiger partial charge in [-0.2, -0.15) is 0 Å². The third-order valence-corrected chi connectivity index (χ3v) is 2.66. The van der Waals surface area contributed by atoms with Gasteiger partial charge in [0.05, 0.1) is 11.6 Å². The normalized spacial score (nSPS) is 10.3. The standard InChI is InChI=1S/C10H9ClN4S/c11-8-5-13-2-1-7(8)6-15-4-3-14-10(15)9(12)16/h1-5H,6H2,(H2,12,16). The molecule has 2 aromatic heterocycles. The van der Waals surface area contributed by atoms with E-state index < -0.39 is 0 Å². The fourth-order valence-corrected chi connectivity index (χ4v) is 1.73. The molecule has 0 radical (unpaired) electrons. The predicted octanol–water partition coefficient (Wildman–Crippen LogP) is 1.61. The summed E-state index contributed by atoms with van der Waals surface area (Å²) in [5.74, 6) is 0.586. The van der Waals surface area contributed by atoms with Crippen molar-refractivity contribution in [2.45, 2.75) is 6.54 Å². The van der Waals surface area contributed by atoms with Gasteiger partial charge in [0.2, 0.25) is 0 Å². The molecule has 2 aromatic rings. The second-order valence-corrected chi connectivity index (χ2v) is 4.06. The Kier molecular flexibility index (Phi) is 3.17. The van der Waals surface area contributed by atoms with Crippen LogP contribution in [0.25, 0.3) is 0 Å². The van der Waals surface area contributed by atoms with Crippen LogP contribution in [0.15, 0.2) is 30.9 Å². The zero-order chi connectivity index (χ0) is 11.5. The lowest BCUT2D eigenvalue weighted by molar-refractivity contribution is 0.787. The van der Waals surface area contributed by atoms with Crippen molar-refractivity contribution in [2.75, 3.05) is 0 Å². The van der Waals surface area contributed by atoms with Gasteiger partial charge in [-0.15, -0.1) is 0 Å². The molecule has 0 atom stereocenters. The van der Waals surface area contributed by atoms with Gasteiger partial charge in [-0.25, -0.2) is 4.98 Å². The Morgan fingerprint density at radius 1 is 1.50 bits per heavy atom. The molecule has 6 heteroatoms. The van der Waals surface area contributed by atoms with Gasteiger partial charge in [-0.1, -0.05) is 23.8 Å². The number of pyridine rings is 1. The average molecular weight is 253 g/mol. The number of nitrogens with two attached hydrogens (primary N) is 1. The lowest BCUT2D eigenvalue weighted by Crippen LogP contribution is -2.17. The Bertz CT molecular complexity index is 523. The van der Waals surface area contributed by atoms with E-state index in [1.165, 1.54) is 0 Å². The molecule has 0 aliphatic carbocycles. The van der Waals surface area contributed by atoms with Crippen molar-refractivity contribution in [1.29, 1.82) is 0 Å². The van der Waals surface area contributed by atoms with Crippen molar-refractivity contribution in [1.82, 2.24) is 14.5 Å². The smallest absolute Gasteiger partial charge is 0.167 e. The fourth-order valence-electron chi connectivity index (χ4n) is 1.38. The summed E-state index contributed by atoms with van der Waals surface area (Å²) in [5.41, 5.74) is 6.50. The number of imidazole rings is 1. The molecule has 0 aliphatic heterocycles. The van der Waals surface area contributed by atoms with E-state index in [1.807, 2.05) is 16.8 Å². The number of aromatic nitrogens is 3. The first-order chi connectivity index (χ1) is 7.68. The van der Waals surface area contributed by atoms with E-state index in [9.17, 15) is 0 Å². The molecule has 2 heterocycles. The molecule has 0 unspecified atom stereocenters. The van der Waals surface area contributed by atoms with E-state index in [0.717, 1.165) is 5.56 Å². The number of rotatable bonds is 3. The Morgan fingerprint density at radius 3 is 3.00 bits per heavy atom. The van der Waals surface area contributed by atoms with Crippen LogP contribution in [0.3, 0.4) is 0 Å². The lowest BCUT2D eigenvalue weighted by atomic mass is 10.2. The summed E-state index contributed by atoms with van der Waals surface area (Å²) < 4.78 is 1.85. The topological polar surface area (TPSA) is 56.7 Å². The molecule has 0 amide bonds. The van der Waals surface area contributed by atoms with Crippen molar-refractivity contribution in [3.05, 3.63) is 47.3 Å². The monoisotopic (exact) mass is 252 g/mol. The number of hydrogen-bond acceptors (Lipinski definition) is 3. The summed E-state index contributed by atoms with van der Waals surface area (Å²) in [4.78, 5) is 8.28. The average Bonchev–Trinajstić information content (AvgIpc) is 2.69. The molecular weight excluding hydrogens is 244 g/mol. The maximum Gasteiger partial charge on any atom is 0.167 e. The van der Waals surface area contributed by atoms with Crippen LogP contribution in [0, 0.1) is 0 Å². The highest BCUT2D eigenvalue weighted by Crippen LogP contribution is 2.15. The number of nitrogens with zero attached hydrogens (tertiary/aromatic N) is 3. The molecule has 4 nitrogen and oxygen atoms in total. The molecule has 0 saturated carbocycles. The summed E-state index contributed by atoms with van der Waals surface area (Å²) >= 11 is 10.9. The maximum absolute atomic E-state index is 6.01. The number of thiocarbonyl (C=S) groups is 1. The highest BCUT2D eigenvalue weighted by molar-refractivity contribution is 7.80. The summed E-state index contributed by atoms with van der Waals surface area (Å²) in [5, 5.41) is 0.616. The maximum atomic E-state index is 6.01. The van der Waals surface area contributed by atoms with E-state index in [1.54, 1.807) is 18.6 Å². The minimum atomic E-state index is 0.273. The van der Waals surface area contributed by atoms with Crippen molar-refractivity contribution < 1.29 is 0 Å². The van der Waals surface area contributed by atoms with Gasteiger partial charge < -0.3 is 10.3 Å². The Balaban J connectivity index is 2.31. The van der Waals surface area contributed by atoms with Gasteiger partial charge in [0.25, 0.3) is 0 Å². The third-order valence-electron chi connectivity index (χ3n) is 2.13. The van der Waals surface area contributed by atoms with Gasteiger partial charge in [0, 0.05) is 24.8 Å². The van der Waals surface area contributed by atoms with E-state index in [2.05, 4.69) is 9.97 Å². The zero-order valence-corrected chi connectivity index (χ0v) is 9.87. The molecule has 0 bridgehead atoms. The molecule has 16 heavy (non-hydrogen) atoms. The first-order valence-electron chi connectivity index (χ1n) is 4.58. The van der Waals surface area contributed by atoms with Crippen LogP contribution >= 0.6 is 23.8 Å². The van der Waals surface area contributed by atoms with Gasteiger partial charge in [0.1, 0.15) is 4.99 Å².